The second-order valence-corrected chi connectivity index (χ2v) is 19.2. The van der Waals surface area contributed by atoms with E-state index in [0.717, 1.165) is 54.8 Å². The van der Waals surface area contributed by atoms with Gasteiger partial charge in [-0.1, -0.05) is 34.1 Å². The zero-order chi connectivity index (χ0) is 42.5. The van der Waals surface area contributed by atoms with Gasteiger partial charge in [0.05, 0.1) is 117 Å². The fourth-order valence-corrected chi connectivity index (χ4v) is 11.2. The number of ether oxygens (including phenoxy) is 10. The van der Waals surface area contributed by atoms with Gasteiger partial charge in [-0.15, -0.1) is 0 Å². The fraction of sp³-hybridized carbons (Fsp3) is 0.978. The molecule has 14 heteroatoms. The van der Waals surface area contributed by atoms with E-state index in [-0.39, 0.29) is 50.2 Å². The van der Waals surface area contributed by atoms with E-state index in [0.29, 0.717) is 85.9 Å². The normalized spacial score (nSPS) is 31.0. The molecule has 60 heavy (non-hydrogen) atoms. The number of fused-ring (bicyclic) bond motifs is 4. The average molecular weight is 857 g/mol. The number of carbonyl (C=O) groups is 1. The molecule has 0 radical (unpaired) electrons. The van der Waals surface area contributed by atoms with Crippen molar-refractivity contribution in [3.8, 4) is 0 Å². The second kappa shape index (κ2) is 27.3. The zero-order valence-corrected chi connectivity index (χ0v) is 37.9. The molecule has 14 nitrogen and oxygen atoms in total. The smallest absolute Gasteiger partial charge is 0.321 e. The van der Waals surface area contributed by atoms with Crippen molar-refractivity contribution in [3.63, 3.8) is 0 Å². The van der Waals surface area contributed by atoms with Gasteiger partial charge in [-0.3, -0.25) is 10.2 Å². The predicted octanol–water partition coefficient (Wildman–Crippen LogP) is 5.57. The van der Waals surface area contributed by atoms with Crippen molar-refractivity contribution < 1.29 is 57.3 Å². The van der Waals surface area contributed by atoms with Crippen molar-refractivity contribution in [1.29, 1.82) is 0 Å². The van der Waals surface area contributed by atoms with E-state index < -0.39 is 12.3 Å². The van der Waals surface area contributed by atoms with Crippen molar-refractivity contribution in [3.05, 3.63) is 0 Å². The lowest BCUT2D eigenvalue weighted by Crippen LogP contribution is -2.52. The Balaban J connectivity index is 0.786. The van der Waals surface area contributed by atoms with E-state index in [1.54, 1.807) is 5.01 Å². The number of hydrazine groups is 1. The molecular formula is C46H84N2O12. The van der Waals surface area contributed by atoms with Gasteiger partial charge in [0.2, 0.25) is 0 Å². The average Bonchev–Trinajstić information content (AvgIpc) is 3.15. The van der Waals surface area contributed by atoms with Crippen LogP contribution in [0.25, 0.3) is 0 Å². The first kappa shape index (κ1) is 50.0. The first-order chi connectivity index (χ1) is 29.1. The molecule has 5 saturated carbocycles. The Morgan fingerprint density at radius 2 is 0.950 bits per heavy atom. The van der Waals surface area contributed by atoms with Gasteiger partial charge in [-0.05, 0) is 113 Å². The number of aliphatic hydroxyl groups excluding tert-OH is 1. The molecule has 5 unspecified atom stereocenters. The highest BCUT2D eigenvalue weighted by Gasteiger charge is 2.46. The number of nitrogens with one attached hydrogen (secondary N) is 1. The Morgan fingerprint density at radius 3 is 1.35 bits per heavy atom. The lowest BCUT2D eigenvalue weighted by molar-refractivity contribution is -0.154. The summed E-state index contributed by atoms with van der Waals surface area (Å²) in [6.45, 7) is 16.7. The molecule has 0 aromatic carbocycles. The highest BCUT2D eigenvalue weighted by Crippen LogP contribution is 2.50. The van der Waals surface area contributed by atoms with Gasteiger partial charge < -0.3 is 52.5 Å². The summed E-state index contributed by atoms with van der Waals surface area (Å²) in [4.78, 5) is 12.6. The summed E-state index contributed by atoms with van der Waals surface area (Å²) in [5.41, 5.74) is 3.44. The van der Waals surface area contributed by atoms with Crippen molar-refractivity contribution >= 4 is 5.97 Å². The van der Waals surface area contributed by atoms with Crippen LogP contribution < -0.4 is 5.43 Å². The van der Waals surface area contributed by atoms with Gasteiger partial charge in [0.1, 0.15) is 13.2 Å². The Kier molecular flexibility index (Phi) is 22.8. The monoisotopic (exact) mass is 857 g/mol. The van der Waals surface area contributed by atoms with Crippen molar-refractivity contribution in [1.82, 2.24) is 10.4 Å². The molecule has 4 bridgehead atoms. The molecule has 5 rings (SSSR count). The maximum absolute atomic E-state index is 12.6. The molecule has 5 aliphatic carbocycles. The van der Waals surface area contributed by atoms with Crippen LogP contribution in [0.1, 0.15) is 111 Å². The summed E-state index contributed by atoms with van der Waals surface area (Å²) >= 11 is 0. The van der Waals surface area contributed by atoms with Crippen LogP contribution in [-0.2, 0) is 52.2 Å². The molecule has 0 spiro atoms. The summed E-state index contributed by atoms with van der Waals surface area (Å²) in [7, 11) is 0. The standard InChI is InChI=1S/C46H84N2O12/c1-36-24-40-25-37(2)29-45(28-36,32-40)59-22-18-55-14-10-51-8-12-53-16-20-57-43(49)34-48(47-42-6-5-7-42)35-44(50)58-21-17-54-13-9-52-11-15-56-19-23-60-46-30-38(3)26-41(33-46)27-39(4)31-46/h36-43,47,49H,5-35H2,1-4H3. The fourth-order valence-electron chi connectivity index (χ4n) is 11.2. The van der Waals surface area contributed by atoms with Gasteiger partial charge in [-0.25, -0.2) is 5.01 Å². The summed E-state index contributed by atoms with van der Waals surface area (Å²) in [6, 6.07) is 0.275. The molecule has 0 saturated heterocycles. The first-order valence-electron chi connectivity index (χ1n) is 23.8. The highest BCUT2D eigenvalue weighted by molar-refractivity contribution is 5.71. The van der Waals surface area contributed by atoms with Crippen LogP contribution in [0.3, 0.4) is 0 Å². The van der Waals surface area contributed by atoms with E-state index in [2.05, 4.69) is 33.1 Å². The molecule has 0 aromatic heterocycles. The largest absolute Gasteiger partial charge is 0.462 e. The van der Waals surface area contributed by atoms with Gasteiger partial charge in [0, 0.05) is 6.04 Å². The van der Waals surface area contributed by atoms with Crippen LogP contribution in [0.5, 0.6) is 0 Å². The van der Waals surface area contributed by atoms with Crippen LogP contribution in [0.15, 0.2) is 0 Å². The Hall–Kier alpha value is -1.01. The molecule has 350 valence electrons. The minimum atomic E-state index is -1.09. The van der Waals surface area contributed by atoms with E-state index >= 15 is 0 Å². The van der Waals surface area contributed by atoms with E-state index in [1.165, 1.54) is 64.2 Å². The topological polar surface area (TPSA) is 145 Å². The molecule has 0 amide bonds. The third-order valence-corrected chi connectivity index (χ3v) is 13.1. The summed E-state index contributed by atoms with van der Waals surface area (Å²) in [6.07, 6.45) is 14.6. The summed E-state index contributed by atoms with van der Waals surface area (Å²) in [5, 5.41) is 12.2. The van der Waals surface area contributed by atoms with E-state index in [4.69, 9.17) is 47.4 Å². The van der Waals surface area contributed by atoms with Crippen LogP contribution >= 0.6 is 0 Å². The number of hydrogen-bond acceptors (Lipinski definition) is 14. The maximum atomic E-state index is 12.6. The minimum absolute atomic E-state index is 0.0187. The Labute approximate surface area is 362 Å². The highest BCUT2D eigenvalue weighted by atomic mass is 16.6. The maximum Gasteiger partial charge on any atom is 0.321 e. The van der Waals surface area contributed by atoms with Crippen molar-refractivity contribution in [2.24, 2.45) is 35.5 Å². The molecule has 5 atom stereocenters. The third kappa shape index (κ3) is 19.0. The summed E-state index contributed by atoms with van der Waals surface area (Å²) < 4.78 is 57.8. The SMILES string of the molecule is CC1CC2CC(C)CC(OCCOCCOCCOCCOC(=O)CN(CC(O)OCCOCCOCCOCCOC34CC(C)CC(CC(C)C3)C4)NC3CCC3)(C1)C2. The first-order valence-corrected chi connectivity index (χ1v) is 23.8. The van der Waals surface area contributed by atoms with Crippen LogP contribution in [0.4, 0.5) is 0 Å². The molecule has 0 heterocycles. The summed E-state index contributed by atoms with van der Waals surface area (Å²) in [5.74, 6) is 4.22. The lowest BCUT2D eigenvalue weighted by Gasteiger charge is -2.49. The van der Waals surface area contributed by atoms with Crippen molar-refractivity contribution in [2.75, 3.05) is 119 Å². The van der Waals surface area contributed by atoms with Gasteiger partial charge in [-0.2, -0.15) is 0 Å². The van der Waals surface area contributed by atoms with Gasteiger partial charge in [0.25, 0.3) is 0 Å². The van der Waals surface area contributed by atoms with E-state index in [1.807, 2.05) is 0 Å². The quantitative estimate of drug-likeness (QED) is 0.0368. The van der Waals surface area contributed by atoms with Gasteiger partial charge >= 0.3 is 5.97 Å². The van der Waals surface area contributed by atoms with Crippen LogP contribution in [-0.4, -0.2) is 158 Å². The second-order valence-electron chi connectivity index (χ2n) is 19.2. The number of aliphatic hydroxyl groups is 1. The van der Waals surface area contributed by atoms with Crippen LogP contribution in [0, 0.1) is 35.5 Å². The molecule has 0 aromatic rings. The van der Waals surface area contributed by atoms with Crippen LogP contribution in [0.2, 0.25) is 0 Å². The van der Waals surface area contributed by atoms with Crippen molar-refractivity contribution in [2.45, 2.75) is 135 Å². The lowest BCUT2D eigenvalue weighted by atomic mass is 9.63. The number of nitrogens with zero attached hydrogens (tertiary/aromatic N) is 1. The molecular weight excluding hydrogens is 773 g/mol. The number of hydrogen-bond donors (Lipinski definition) is 2. The zero-order valence-electron chi connectivity index (χ0n) is 37.9. The minimum Gasteiger partial charge on any atom is -0.462 e. The predicted molar refractivity (Wildman–Crippen MR) is 227 cm³/mol. The molecule has 5 fully saturated rings. The molecule has 0 aliphatic heterocycles. The van der Waals surface area contributed by atoms with Gasteiger partial charge in [0.15, 0.2) is 6.29 Å². The number of esters is 1. The Morgan fingerprint density at radius 1 is 0.567 bits per heavy atom. The third-order valence-electron chi connectivity index (χ3n) is 13.1. The Bertz CT molecular complexity index is 1130. The number of rotatable bonds is 33. The number of carbonyl (C=O) groups excluding carboxylic acids is 1. The molecule has 2 N–H and O–H groups in total. The van der Waals surface area contributed by atoms with E-state index in [9.17, 15) is 9.90 Å². The molecule has 5 aliphatic rings.